The van der Waals surface area contributed by atoms with Crippen LogP contribution >= 0.6 is 0 Å². The van der Waals surface area contributed by atoms with Gasteiger partial charge in [-0.15, -0.1) is 0 Å². The minimum atomic E-state index is -0.357. The first-order valence-electron chi connectivity index (χ1n) is 9.83. The van der Waals surface area contributed by atoms with E-state index in [-0.39, 0.29) is 23.5 Å². The number of aryl methyl sites for hydroxylation is 1. The van der Waals surface area contributed by atoms with Gasteiger partial charge in [-0.25, -0.2) is 0 Å². The summed E-state index contributed by atoms with van der Waals surface area (Å²) < 4.78 is 6.09. The minimum Gasteiger partial charge on any atom is -0.487 e. The summed E-state index contributed by atoms with van der Waals surface area (Å²) in [5.41, 5.74) is 3.15. The molecule has 5 nitrogen and oxygen atoms in total. The maximum Gasteiger partial charge on any atom is 0.251 e. The largest absolute Gasteiger partial charge is 0.487 e. The molecule has 0 radical (unpaired) electrons. The van der Waals surface area contributed by atoms with Crippen molar-refractivity contribution in [1.82, 2.24) is 5.32 Å². The highest BCUT2D eigenvalue weighted by Crippen LogP contribution is 2.40. The summed E-state index contributed by atoms with van der Waals surface area (Å²) in [6, 6.07) is 13.3. The van der Waals surface area contributed by atoms with Crippen molar-refractivity contribution in [3.63, 3.8) is 0 Å². The Morgan fingerprint density at radius 1 is 1.21 bits per heavy atom. The molecule has 0 aliphatic carbocycles. The summed E-state index contributed by atoms with van der Waals surface area (Å²) in [4.78, 5) is 26.8. The fraction of sp³-hybridized carbons (Fsp3) is 0.391. The van der Waals surface area contributed by atoms with Gasteiger partial charge in [-0.1, -0.05) is 23.8 Å². The molecule has 4 rings (SSSR count). The van der Waals surface area contributed by atoms with Gasteiger partial charge in [0, 0.05) is 36.2 Å². The maximum atomic E-state index is 13.0. The first-order valence-corrected chi connectivity index (χ1v) is 9.83. The van der Waals surface area contributed by atoms with Crippen LogP contribution in [0.3, 0.4) is 0 Å². The number of nitrogens with one attached hydrogen (secondary N) is 1. The lowest BCUT2D eigenvalue weighted by molar-refractivity contribution is -0.117. The van der Waals surface area contributed by atoms with Crippen LogP contribution in [0.2, 0.25) is 0 Å². The van der Waals surface area contributed by atoms with Gasteiger partial charge in [0.25, 0.3) is 5.91 Å². The molecule has 1 saturated heterocycles. The number of nitrogens with zero attached hydrogens (tertiary/aromatic N) is 1. The zero-order valence-electron chi connectivity index (χ0n) is 16.6. The molecule has 0 bridgehead atoms. The molecule has 28 heavy (non-hydrogen) atoms. The van der Waals surface area contributed by atoms with Crippen LogP contribution in [0.5, 0.6) is 5.75 Å². The number of amides is 2. The van der Waals surface area contributed by atoms with Crippen molar-refractivity contribution in [2.45, 2.75) is 51.7 Å². The van der Waals surface area contributed by atoms with E-state index in [1.54, 1.807) is 17.0 Å². The molecule has 2 aromatic rings. The van der Waals surface area contributed by atoms with Crippen LogP contribution in [0.4, 0.5) is 5.69 Å². The number of hydrogen-bond donors (Lipinski definition) is 1. The molecule has 2 aliphatic rings. The van der Waals surface area contributed by atoms with Gasteiger partial charge in [-0.2, -0.15) is 0 Å². The van der Waals surface area contributed by atoms with E-state index >= 15 is 0 Å². The summed E-state index contributed by atoms with van der Waals surface area (Å²) >= 11 is 0. The third kappa shape index (κ3) is 3.61. The van der Waals surface area contributed by atoms with E-state index in [0.717, 1.165) is 29.0 Å². The molecule has 2 heterocycles. The Balaban J connectivity index is 1.59. The number of benzene rings is 2. The van der Waals surface area contributed by atoms with Crippen LogP contribution in [0, 0.1) is 6.92 Å². The van der Waals surface area contributed by atoms with E-state index in [9.17, 15) is 9.59 Å². The maximum absolute atomic E-state index is 13.0. The fourth-order valence-electron chi connectivity index (χ4n) is 4.08. The normalized spacial score (nSPS) is 20.5. The van der Waals surface area contributed by atoms with Crippen molar-refractivity contribution < 1.29 is 14.3 Å². The van der Waals surface area contributed by atoms with Gasteiger partial charge in [0.2, 0.25) is 5.91 Å². The Kier molecular flexibility index (Phi) is 4.61. The average Bonchev–Trinajstić information content (AvgIpc) is 3.08. The first kappa shape index (κ1) is 18.5. The van der Waals surface area contributed by atoms with Crippen LogP contribution in [0.15, 0.2) is 42.5 Å². The van der Waals surface area contributed by atoms with E-state index in [1.165, 1.54) is 0 Å². The molecule has 2 aromatic carbocycles. The molecule has 1 N–H and O–H groups in total. The van der Waals surface area contributed by atoms with Crippen molar-refractivity contribution in [1.29, 1.82) is 0 Å². The average molecular weight is 378 g/mol. The lowest BCUT2D eigenvalue weighted by Gasteiger charge is -2.38. The molecule has 0 spiro atoms. The second kappa shape index (κ2) is 6.97. The van der Waals surface area contributed by atoms with Gasteiger partial charge in [0.1, 0.15) is 11.4 Å². The standard InChI is InChI=1S/C23H26N2O3/c1-15-9-10-20-18(12-15)19(14-23(2,3)28-20)24-22(27)16-6-4-7-17(13-16)25-11-5-8-21(25)26/h4,6-7,9-10,12-13,19H,5,8,11,14H2,1-3H3,(H,24,27)/t19-/m1/s1. The smallest absolute Gasteiger partial charge is 0.251 e. The molecule has 5 heteroatoms. The molecule has 2 amide bonds. The van der Waals surface area contributed by atoms with Gasteiger partial charge >= 0.3 is 0 Å². The van der Waals surface area contributed by atoms with Crippen LogP contribution in [-0.2, 0) is 4.79 Å². The highest BCUT2D eigenvalue weighted by molar-refractivity contribution is 5.99. The number of carbonyl (C=O) groups excluding carboxylic acids is 2. The van der Waals surface area contributed by atoms with Crippen LogP contribution < -0.4 is 15.0 Å². The zero-order chi connectivity index (χ0) is 19.9. The van der Waals surface area contributed by atoms with Gasteiger partial charge in [0.15, 0.2) is 0 Å². The molecular formula is C23H26N2O3. The Hall–Kier alpha value is -2.82. The molecule has 0 aromatic heterocycles. The molecule has 0 unspecified atom stereocenters. The van der Waals surface area contributed by atoms with Crippen molar-refractivity contribution >= 4 is 17.5 Å². The molecule has 146 valence electrons. The molecule has 1 fully saturated rings. The molecular weight excluding hydrogens is 352 g/mol. The van der Waals surface area contributed by atoms with Crippen LogP contribution in [0.1, 0.15) is 60.6 Å². The van der Waals surface area contributed by atoms with Gasteiger partial charge in [-0.3, -0.25) is 9.59 Å². The summed E-state index contributed by atoms with van der Waals surface area (Å²) in [5.74, 6) is 0.806. The second-order valence-electron chi connectivity index (χ2n) is 8.33. The number of ether oxygens (including phenoxy) is 1. The lowest BCUT2D eigenvalue weighted by atomic mass is 9.88. The van der Waals surface area contributed by atoms with E-state index in [0.29, 0.717) is 24.9 Å². The summed E-state index contributed by atoms with van der Waals surface area (Å²) in [6.07, 6.45) is 2.13. The van der Waals surface area contributed by atoms with Crippen molar-refractivity contribution in [2.24, 2.45) is 0 Å². The molecule has 0 saturated carbocycles. The van der Waals surface area contributed by atoms with Crippen LogP contribution in [0.25, 0.3) is 0 Å². The Morgan fingerprint density at radius 2 is 2.04 bits per heavy atom. The quantitative estimate of drug-likeness (QED) is 0.873. The predicted octanol–water partition coefficient (Wildman–Crippen LogP) is 4.15. The Morgan fingerprint density at radius 3 is 2.79 bits per heavy atom. The number of carbonyl (C=O) groups is 2. The topological polar surface area (TPSA) is 58.6 Å². The number of anilines is 1. The third-order valence-electron chi connectivity index (χ3n) is 5.42. The highest BCUT2D eigenvalue weighted by atomic mass is 16.5. The lowest BCUT2D eigenvalue weighted by Crippen LogP contribution is -2.41. The van der Waals surface area contributed by atoms with Crippen molar-refractivity contribution in [3.8, 4) is 5.75 Å². The van der Waals surface area contributed by atoms with Gasteiger partial charge in [0.05, 0.1) is 6.04 Å². The van der Waals surface area contributed by atoms with Gasteiger partial charge < -0.3 is 15.0 Å². The SMILES string of the molecule is Cc1ccc2c(c1)[C@H](NC(=O)c1cccc(N3CCCC3=O)c1)CC(C)(C)O2. The Bertz CT molecular complexity index is 935. The van der Waals surface area contributed by atoms with Gasteiger partial charge in [-0.05, 0) is 51.5 Å². The van der Waals surface area contributed by atoms with E-state index in [1.807, 2.05) is 45.0 Å². The van der Waals surface area contributed by atoms with E-state index in [2.05, 4.69) is 11.4 Å². The summed E-state index contributed by atoms with van der Waals surface area (Å²) in [7, 11) is 0. The fourth-order valence-corrected chi connectivity index (χ4v) is 4.08. The molecule has 2 aliphatic heterocycles. The zero-order valence-corrected chi connectivity index (χ0v) is 16.6. The van der Waals surface area contributed by atoms with E-state index in [4.69, 9.17) is 4.74 Å². The monoisotopic (exact) mass is 378 g/mol. The van der Waals surface area contributed by atoms with Crippen molar-refractivity contribution in [3.05, 3.63) is 59.2 Å². The summed E-state index contributed by atoms with van der Waals surface area (Å²) in [5, 5.41) is 3.18. The summed E-state index contributed by atoms with van der Waals surface area (Å²) in [6.45, 7) is 6.82. The number of rotatable bonds is 3. The predicted molar refractivity (Wildman–Crippen MR) is 109 cm³/mol. The first-order chi connectivity index (χ1) is 13.3. The Labute approximate surface area is 165 Å². The third-order valence-corrected chi connectivity index (χ3v) is 5.42. The number of hydrogen-bond acceptors (Lipinski definition) is 3. The van der Waals surface area contributed by atoms with Crippen molar-refractivity contribution in [2.75, 3.05) is 11.4 Å². The second-order valence-corrected chi connectivity index (χ2v) is 8.33. The number of fused-ring (bicyclic) bond motifs is 1. The minimum absolute atomic E-state index is 0.119. The molecule has 1 atom stereocenters. The van der Waals surface area contributed by atoms with E-state index < -0.39 is 0 Å². The highest BCUT2D eigenvalue weighted by Gasteiger charge is 2.34. The van der Waals surface area contributed by atoms with Crippen LogP contribution in [-0.4, -0.2) is 24.0 Å².